The standard InChI is InChI=1S/C17H21BrN2/c1-12-6-5-7-13(10-12)17(2,20)15(11-19)14-8-3-4-9-16(14)18/h3-10,15H,11,19-20H2,1-2H3. The smallest absolute Gasteiger partial charge is 0.0463 e. The normalized spacial score (nSPS) is 15.7. The predicted octanol–water partition coefficient (Wildman–Crippen LogP) is 3.67. The highest BCUT2D eigenvalue weighted by molar-refractivity contribution is 9.10. The largest absolute Gasteiger partial charge is 0.330 e. The van der Waals surface area contributed by atoms with Gasteiger partial charge in [0.25, 0.3) is 0 Å². The molecule has 0 fully saturated rings. The van der Waals surface area contributed by atoms with Crippen molar-refractivity contribution >= 4 is 15.9 Å². The van der Waals surface area contributed by atoms with Crippen LogP contribution in [0.4, 0.5) is 0 Å². The van der Waals surface area contributed by atoms with E-state index in [-0.39, 0.29) is 5.92 Å². The summed E-state index contributed by atoms with van der Waals surface area (Å²) in [5, 5.41) is 0. The maximum absolute atomic E-state index is 6.66. The van der Waals surface area contributed by atoms with E-state index in [4.69, 9.17) is 11.5 Å². The van der Waals surface area contributed by atoms with Crippen molar-refractivity contribution in [2.24, 2.45) is 11.5 Å². The Bertz CT molecular complexity index is 593. The zero-order chi connectivity index (χ0) is 14.8. The number of nitrogens with two attached hydrogens (primary N) is 2. The van der Waals surface area contributed by atoms with Crippen molar-refractivity contribution in [2.75, 3.05) is 6.54 Å². The Morgan fingerprint density at radius 3 is 2.45 bits per heavy atom. The van der Waals surface area contributed by atoms with Gasteiger partial charge in [-0.2, -0.15) is 0 Å². The second-order valence-corrected chi connectivity index (χ2v) is 6.32. The molecule has 0 amide bonds. The monoisotopic (exact) mass is 332 g/mol. The van der Waals surface area contributed by atoms with Crippen LogP contribution < -0.4 is 11.5 Å². The fourth-order valence-electron chi connectivity index (χ4n) is 2.63. The Hall–Kier alpha value is -1.16. The maximum atomic E-state index is 6.66. The molecule has 106 valence electrons. The Morgan fingerprint density at radius 2 is 1.85 bits per heavy atom. The molecule has 2 rings (SSSR count). The average Bonchev–Trinajstić information content (AvgIpc) is 2.41. The first-order valence-electron chi connectivity index (χ1n) is 6.77. The molecule has 0 aliphatic heterocycles. The Kier molecular flexibility index (Phi) is 4.63. The van der Waals surface area contributed by atoms with Gasteiger partial charge >= 0.3 is 0 Å². The van der Waals surface area contributed by atoms with Crippen molar-refractivity contribution in [3.05, 3.63) is 69.7 Å². The van der Waals surface area contributed by atoms with Gasteiger partial charge in [0.05, 0.1) is 0 Å². The lowest BCUT2D eigenvalue weighted by Gasteiger charge is -2.35. The first-order chi connectivity index (χ1) is 9.46. The fourth-order valence-corrected chi connectivity index (χ4v) is 3.19. The van der Waals surface area contributed by atoms with Crippen molar-refractivity contribution < 1.29 is 0 Å². The summed E-state index contributed by atoms with van der Waals surface area (Å²) in [6.07, 6.45) is 0. The first-order valence-corrected chi connectivity index (χ1v) is 7.56. The molecular formula is C17H21BrN2. The van der Waals surface area contributed by atoms with Gasteiger partial charge in [0.2, 0.25) is 0 Å². The van der Waals surface area contributed by atoms with Gasteiger partial charge < -0.3 is 11.5 Å². The summed E-state index contributed by atoms with van der Waals surface area (Å²) in [5.41, 5.74) is 15.7. The molecule has 4 N–H and O–H groups in total. The quantitative estimate of drug-likeness (QED) is 0.897. The SMILES string of the molecule is Cc1cccc(C(C)(N)C(CN)c2ccccc2Br)c1. The fraction of sp³-hybridized carbons (Fsp3) is 0.294. The highest BCUT2D eigenvalue weighted by atomic mass is 79.9. The minimum atomic E-state index is -0.509. The van der Waals surface area contributed by atoms with Gasteiger partial charge in [0.1, 0.15) is 0 Å². The topological polar surface area (TPSA) is 52.0 Å². The van der Waals surface area contributed by atoms with E-state index in [0.29, 0.717) is 6.54 Å². The molecule has 0 bridgehead atoms. The van der Waals surface area contributed by atoms with Crippen LogP contribution in [0.15, 0.2) is 53.0 Å². The van der Waals surface area contributed by atoms with Gasteiger partial charge in [0, 0.05) is 22.5 Å². The van der Waals surface area contributed by atoms with Crippen LogP contribution in [-0.4, -0.2) is 6.54 Å². The number of rotatable bonds is 4. The first kappa shape index (κ1) is 15.2. The van der Waals surface area contributed by atoms with Crippen LogP contribution in [-0.2, 0) is 5.54 Å². The third kappa shape index (κ3) is 2.95. The van der Waals surface area contributed by atoms with Gasteiger partial charge in [-0.3, -0.25) is 0 Å². The molecule has 3 heteroatoms. The van der Waals surface area contributed by atoms with Crippen LogP contribution in [0.3, 0.4) is 0 Å². The van der Waals surface area contributed by atoms with Gasteiger partial charge in [-0.15, -0.1) is 0 Å². The number of aryl methyl sites for hydroxylation is 1. The third-order valence-electron chi connectivity index (χ3n) is 3.88. The lowest BCUT2D eigenvalue weighted by Crippen LogP contribution is -2.43. The van der Waals surface area contributed by atoms with Gasteiger partial charge in [-0.25, -0.2) is 0 Å². The van der Waals surface area contributed by atoms with Crippen LogP contribution >= 0.6 is 15.9 Å². The van der Waals surface area contributed by atoms with E-state index in [1.807, 2.05) is 24.3 Å². The number of benzene rings is 2. The van der Waals surface area contributed by atoms with Crippen molar-refractivity contribution in [3.63, 3.8) is 0 Å². The molecule has 2 aromatic carbocycles. The van der Waals surface area contributed by atoms with E-state index in [2.05, 4.69) is 54.0 Å². The Labute approximate surface area is 129 Å². The van der Waals surface area contributed by atoms with E-state index < -0.39 is 5.54 Å². The highest BCUT2D eigenvalue weighted by Crippen LogP contribution is 2.37. The number of halogens is 1. The van der Waals surface area contributed by atoms with Crippen molar-refractivity contribution in [2.45, 2.75) is 25.3 Å². The van der Waals surface area contributed by atoms with Gasteiger partial charge in [-0.05, 0) is 31.0 Å². The third-order valence-corrected chi connectivity index (χ3v) is 4.60. The zero-order valence-corrected chi connectivity index (χ0v) is 13.5. The maximum Gasteiger partial charge on any atom is 0.0463 e. The highest BCUT2D eigenvalue weighted by Gasteiger charge is 2.33. The van der Waals surface area contributed by atoms with Crippen LogP contribution in [0.5, 0.6) is 0 Å². The molecule has 2 aromatic rings. The van der Waals surface area contributed by atoms with Crippen molar-refractivity contribution in [1.29, 1.82) is 0 Å². The zero-order valence-electron chi connectivity index (χ0n) is 11.9. The van der Waals surface area contributed by atoms with E-state index in [9.17, 15) is 0 Å². The predicted molar refractivity (Wildman–Crippen MR) is 88.7 cm³/mol. The molecule has 2 unspecified atom stereocenters. The van der Waals surface area contributed by atoms with Crippen LogP contribution in [0.2, 0.25) is 0 Å². The Balaban J connectivity index is 2.47. The molecule has 0 saturated heterocycles. The van der Waals surface area contributed by atoms with E-state index in [1.165, 1.54) is 5.56 Å². The summed E-state index contributed by atoms with van der Waals surface area (Å²) in [5.74, 6) is 0.0554. The number of hydrogen-bond donors (Lipinski definition) is 2. The second kappa shape index (κ2) is 6.08. The van der Waals surface area contributed by atoms with Crippen LogP contribution in [0.25, 0.3) is 0 Å². The molecule has 0 heterocycles. The molecule has 2 atom stereocenters. The molecule has 2 nitrogen and oxygen atoms in total. The lowest BCUT2D eigenvalue weighted by molar-refractivity contribution is 0.393. The molecule has 0 spiro atoms. The molecular weight excluding hydrogens is 312 g/mol. The summed E-state index contributed by atoms with van der Waals surface area (Å²) in [6.45, 7) is 4.64. The Morgan fingerprint density at radius 1 is 1.15 bits per heavy atom. The van der Waals surface area contributed by atoms with E-state index in [1.54, 1.807) is 0 Å². The molecule has 0 aromatic heterocycles. The lowest BCUT2D eigenvalue weighted by atomic mass is 9.76. The van der Waals surface area contributed by atoms with Crippen LogP contribution in [0, 0.1) is 6.92 Å². The minimum absolute atomic E-state index is 0.0554. The minimum Gasteiger partial charge on any atom is -0.330 e. The molecule has 0 saturated carbocycles. The summed E-state index contributed by atoms with van der Waals surface area (Å²) < 4.78 is 1.06. The summed E-state index contributed by atoms with van der Waals surface area (Å²) in [4.78, 5) is 0. The number of hydrogen-bond acceptors (Lipinski definition) is 2. The molecule has 0 aliphatic rings. The summed E-state index contributed by atoms with van der Waals surface area (Å²) >= 11 is 3.61. The average molecular weight is 333 g/mol. The van der Waals surface area contributed by atoms with Crippen molar-refractivity contribution in [3.8, 4) is 0 Å². The summed E-state index contributed by atoms with van der Waals surface area (Å²) in [6, 6.07) is 16.5. The van der Waals surface area contributed by atoms with Crippen molar-refractivity contribution in [1.82, 2.24) is 0 Å². The van der Waals surface area contributed by atoms with E-state index in [0.717, 1.165) is 15.6 Å². The summed E-state index contributed by atoms with van der Waals surface area (Å²) in [7, 11) is 0. The molecule has 0 aliphatic carbocycles. The van der Waals surface area contributed by atoms with Gasteiger partial charge in [0.15, 0.2) is 0 Å². The van der Waals surface area contributed by atoms with Gasteiger partial charge in [-0.1, -0.05) is 64.0 Å². The van der Waals surface area contributed by atoms with Crippen LogP contribution in [0.1, 0.15) is 29.5 Å². The van der Waals surface area contributed by atoms with E-state index >= 15 is 0 Å². The molecule has 0 radical (unpaired) electrons. The molecule has 20 heavy (non-hydrogen) atoms. The second-order valence-electron chi connectivity index (χ2n) is 5.46.